The molecule has 1 fully saturated rings. The summed E-state index contributed by atoms with van der Waals surface area (Å²) in [5.41, 5.74) is 0.700. The highest BCUT2D eigenvalue weighted by Crippen LogP contribution is 2.20. The number of hydrogen-bond donors (Lipinski definition) is 1. The Morgan fingerprint density at radius 1 is 1.11 bits per heavy atom. The second-order valence-electron chi connectivity index (χ2n) is 6.63. The van der Waals surface area contributed by atoms with E-state index < -0.39 is 0 Å². The molecule has 0 amide bonds. The number of rotatable bonds is 8. The Balaban J connectivity index is 0.00000364. The van der Waals surface area contributed by atoms with Crippen LogP contribution in [-0.4, -0.2) is 75.2 Å². The summed E-state index contributed by atoms with van der Waals surface area (Å²) in [4.78, 5) is 11.3. The van der Waals surface area contributed by atoms with Crippen molar-refractivity contribution in [2.24, 2.45) is 4.99 Å². The Hall–Kier alpha value is -1.09. The molecule has 1 aromatic rings. The van der Waals surface area contributed by atoms with Crippen molar-refractivity contribution in [3.05, 3.63) is 30.1 Å². The van der Waals surface area contributed by atoms with Crippen LogP contribution in [0.25, 0.3) is 0 Å². The number of benzene rings is 1. The third-order valence-corrected chi connectivity index (χ3v) is 5.06. The molecule has 0 atom stereocenters. The molecule has 0 saturated carbocycles. The van der Waals surface area contributed by atoms with E-state index in [-0.39, 0.29) is 29.8 Å². The van der Waals surface area contributed by atoms with Crippen LogP contribution in [-0.2, 0) is 0 Å². The van der Waals surface area contributed by atoms with E-state index in [1.165, 1.54) is 12.5 Å². The summed E-state index contributed by atoms with van der Waals surface area (Å²) in [6.07, 6.45) is 2.34. The van der Waals surface area contributed by atoms with E-state index in [2.05, 4.69) is 38.9 Å². The van der Waals surface area contributed by atoms with Gasteiger partial charge in [-0.15, -0.1) is 24.0 Å². The van der Waals surface area contributed by atoms with Crippen LogP contribution in [0.5, 0.6) is 0 Å². The molecule has 7 heteroatoms. The topological polar surface area (TPSA) is 34.1 Å². The van der Waals surface area contributed by atoms with Crippen molar-refractivity contribution in [3.8, 4) is 0 Å². The molecule has 1 aliphatic rings. The molecule has 0 bridgehead atoms. The molecule has 154 valence electrons. The molecule has 1 N–H and O–H groups in total. The molecular weight excluding hydrogens is 456 g/mol. The molecule has 2 rings (SSSR count). The largest absolute Gasteiger partial charge is 0.366 e. The summed E-state index contributed by atoms with van der Waals surface area (Å²) in [6, 6.07) is 7.01. The summed E-state index contributed by atoms with van der Waals surface area (Å²) in [6.45, 7) is 12.1. The molecule has 0 aromatic heterocycles. The minimum Gasteiger partial charge on any atom is -0.366 e. The average Bonchev–Trinajstić information content (AvgIpc) is 2.68. The zero-order valence-electron chi connectivity index (χ0n) is 17.0. The van der Waals surface area contributed by atoms with Gasteiger partial charge in [-0.25, -0.2) is 4.39 Å². The van der Waals surface area contributed by atoms with Crippen LogP contribution >= 0.6 is 24.0 Å². The van der Waals surface area contributed by atoms with Crippen molar-refractivity contribution in [1.29, 1.82) is 0 Å². The van der Waals surface area contributed by atoms with Gasteiger partial charge in [0.1, 0.15) is 5.82 Å². The van der Waals surface area contributed by atoms with E-state index in [9.17, 15) is 4.39 Å². The minimum atomic E-state index is -0.142. The number of halogens is 2. The van der Waals surface area contributed by atoms with Crippen molar-refractivity contribution >= 4 is 35.6 Å². The second-order valence-corrected chi connectivity index (χ2v) is 6.63. The Morgan fingerprint density at radius 2 is 1.78 bits per heavy atom. The molecule has 0 spiro atoms. The average molecular weight is 491 g/mol. The van der Waals surface area contributed by atoms with Crippen LogP contribution in [0.4, 0.5) is 10.1 Å². The number of nitrogens with zero attached hydrogens (tertiary/aromatic N) is 4. The lowest BCUT2D eigenvalue weighted by molar-refractivity contribution is 0.296. The molecule has 1 saturated heterocycles. The van der Waals surface area contributed by atoms with Gasteiger partial charge in [0.05, 0.1) is 5.69 Å². The zero-order valence-corrected chi connectivity index (χ0v) is 19.3. The van der Waals surface area contributed by atoms with E-state index in [0.29, 0.717) is 5.69 Å². The number of hydrogen-bond acceptors (Lipinski definition) is 3. The number of piperazine rings is 1. The quantitative estimate of drug-likeness (QED) is 0.262. The zero-order chi connectivity index (χ0) is 18.8. The van der Waals surface area contributed by atoms with Gasteiger partial charge >= 0.3 is 0 Å². The summed E-state index contributed by atoms with van der Waals surface area (Å²) < 4.78 is 13.9. The van der Waals surface area contributed by atoms with E-state index in [1.54, 1.807) is 6.07 Å². The standard InChI is InChI=1S/C20H34FN5.HI/c1-4-24(5-2)13-9-8-12-23-20(22-3)26-16-14-25(15-17-26)19-11-7-6-10-18(19)21;/h6-7,10-11H,4-5,8-9,12-17H2,1-3H3,(H,22,23);1H. The molecule has 1 heterocycles. The lowest BCUT2D eigenvalue weighted by Gasteiger charge is -2.37. The van der Waals surface area contributed by atoms with Gasteiger partial charge < -0.3 is 20.0 Å². The summed E-state index contributed by atoms with van der Waals surface area (Å²) in [7, 11) is 1.83. The molecule has 0 unspecified atom stereocenters. The summed E-state index contributed by atoms with van der Waals surface area (Å²) in [5, 5.41) is 3.48. The summed E-state index contributed by atoms with van der Waals surface area (Å²) in [5.74, 6) is 0.817. The Morgan fingerprint density at radius 3 is 2.37 bits per heavy atom. The first-order valence-corrected chi connectivity index (χ1v) is 9.87. The second kappa shape index (κ2) is 13.1. The van der Waals surface area contributed by atoms with E-state index in [4.69, 9.17) is 0 Å². The maximum absolute atomic E-state index is 13.9. The van der Waals surface area contributed by atoms with Crippen LogP contribution in [0.3, 0.4) is 0 Å². The smallest absolute Gasteiger partial charge is 0.193 e. The predicted molar refractivity (Wildman–Crippen MR) is 124 cm³/mol. The van der Waals surface area contributed by atoms with Crippen LogP contribution in [0, 0.1) is 5.82 Å². The monoisotopic (exact) mass is 491 g/mol. The highest BCUT2D eigenvalue weighted by molar-refractivity contribution is 14.0. The van der Waals surface area contributed by atoms with Gasteiger partial charge in [-0.2, -0.15) is 0 Å². The maximum Gasteiger partial charge on any atom is 0.193 e. The number of nitrogens with one attached hydrogen (secondary N) is 1. The fourth-order valence-electron chi connectivity index (χ4n) is 3.40. The van der Waals surface area contributed by atoms with Crippen molar-refractivity contribution in [3.63, 3.8) is 0 Å². The minimum absolute atomic E-state index is 0. The fraction of sp³-hybridized carbons (Fsp3) is 0.650. The van der Waals surface area contributed by atoms with Crippen molar-refractivity contribution < 1.29 is 4.39 Å². The first kappa shape index (κ1) is 23.9. The van der Waals surface area contributed by atoms with Gasteiger partial charge in [0.15, 0.2) is 5.96 Å². The van der Waals surface area contributed by atoms with E-state index >= 15 is 0 Å². The van der Waals surface area contributed by atoms with Crippen LogP contribution in [0.15, 0.2) is 29.3 Å². The van der Waals surface area contributed by atoms with Gasteiger partial charge in [0.25, 0.3) is 0 Å². The van der Waals surface area contributed by atoms with Gasteiger partial charge in [-0.3, -0.25) is 4.99 Å². The fourth-order valence-corrected chi connectivity index (χ4v) is 3.40. The molecule has 0 radical (unpaired) electrons. The number of anilines is 1. The lowest BCUT2D eigenvalue weighted by Crippen LogP contribution is -2.52. The number of unbranched alkanes of at least 4 members (excludes halogenated alkanes) is 1. The van der Waals surface area contributed by atoms with Crippen molar-refractivity contribution in [2.45, 2.75) is 26.7 Å². The van der Waals surface area contributed by atoms with Gasteiger partial charge in [-0.1, -0.05) is 26.0 Å². The molecule has 1 aliphatic heterocycles. The number of aliphatic imine (C=N–C) groups is 1. The Kier molecular flexibility index (Phi) is 11.7. The van der Waals surface area contributed by atoms with Crippen LogP contribution in [0.1, 0.15) is 26.7 Å². The highest BCUT2D eigenvalue weighted by Gasteiger charge is 2.21. The molecule has 5 nitrogen and oxygen atoms in total. The first-order valence-electron chi connectivity index (χ1n) is 9.87. The first-order chi connectivity index (χ1) is 12.7. The third kappa shape index (κ3) is 7.44. The predicted octanol–water partition coefficient (Wildman–Crippen LogP) is 3.26. The SMILES string of the molecule is CCN(CC)CCCCNC(=NC)N1CCN(c2ccccc2F)CC1.I. The maximum atomic E-state index is 13.9. The summed E-state index contributed by atoms with van der Waals surface area (Å²) >= 11 is 0. The normalized spacial score (nSPS) is 15.1. The molecule has 27 heavy (non-hydrogen) atoms. The highest BCUT2D eigenvalue weighted by atomic mass is 127. The van der Waals surface area contributed by atoms with E-state index in [1.807, 2.05) is 19.2 Å². The molecule has 0 aliphatic carbocycles. The van der Waals surface area contributed by atoms with Gasteiger partial charge in [-0.05, 0) is 44.6 Å². The number of para-hydroxylation sites is 1. The Labute approximate surface area is 181 Å². The van der Waals surface area contributed by atoms with E-state index in [0.717, 1.165) is 64.7 Å². The number of guanidine groups is 1. The van der Waals surface area contributed by atoms with Crippen molar-refractivity contribution in [2.75, 3.05) is 64.3 Å². The van der Waals surface area contributed by atoms with Gasteiger partial charge in [0, 0.05) is 39.8 Å². The molecule has 1 aromatic carbocycles. The third-order valence-electron chi connectivity index (χ3n) is 5.06. The lowest BCUT2D eigenvalue weighted by atomic mass is 10.2. The van der Waals surface area contributed by atoms with Gasteiger partial charge in [0.2, 0.25) is 0 Å². The van der Waals surface area contributed by atoms with Crippen LogP contribution < -0.4 is 10.2 Å². The van der Waals surface area contributed by atoms with Crippen LogP contribution in [0.2, 0.25) is 0 Å². The molecular formula is C20H35FIN5. The van der Waals surface area contributed by atoms with Crippen molar-refractivity contribution in [1.82, 2.24) is 15.1 Å². The Bertz CT molecular complexity index is 557.